The molecule has 1 aliphatic rings. The fourth-order valence-electron chi connectivity index (χ4n) is 5.62. The van der Waals surface area contributed by atoms with Crippen LogP contribution in [0.2, 0.25) is 0 Å². The predicted molar refractivity (Wildman–Crippen MR) is 130 cm³/mol. The molecule has 4 heteroatoms. The average Bonchev–Trinajstić information content (AvgIpc) is 3.50. The van der Waals surface area contributed by atoms with Gasteiger partial charge in [-0.3, -0.25) is 0 Å². The van der Waals surface area contributed by atoms with Crippen LogP contribution in [0.15, 0.2) is 104 Å². The molecule has 0 radical (unpaired) electrons. The lowest BCUT2D eigenvalue weighted by Crippen LogP contribution is -2.31. The number of imidazole rings is 1. The van der Waals surface area contributed by atoms with Gasteiger partial charge in [0.1, 0.15) is 5.82 Å². The molecule has 0 amide bonds. The minimum absolute atomic E-state index is 0.223. The van der Waals surface area contributed by atoms with Crippen molar-refractivity contribution in [1.29, 1.82) is 0 Å². The fraction of sp³-hybridized carbons (Fsp3) is 0.0690. The molecule has 0 spiro atoms. The summed E-state index contributed by atoms with van der Waals surface area (Å²) in [5.74, 6) is -0.223. The maximum atomic E-state index is 14.5. The van der Waals surface area contributed by atoms with E-state index in [1.54, 1.807) is 24.7 Å². The molecule has 0 N–H and O–H groups in total. The zero-order valence-corrected chi connectivity index (χ0v) is 18.0. The number of para-hydroxylation sites is 2. The third-order valence-corrected chi connectivity index (χ3v) is 7.20. The Balaban J connectivity index is 1.68. The molecule has 158 valence electrons. The monoisotopic (exact) mass is 429 g/mol. The number of halogens is 1. The number of fused-ring (bicyclic) bond motifs is 5. The van der Waals surface area contributed by atoms with E-state index in [1.165, 1.54) is 33.4 Å². The molecule has 1 aliphatic heterocycles. The topological polar surface area (TPSA) is 22.8 Å². The largest absolute Gasteiger partial charge is 0.309 e. The molecule has 3 nitrogen and oxygen atoms in total. The van der Waals surface area contributed by atoms with E-state index in [0.717, 1.165) is 22.5 Å². The third-order valence-electron chi connectivity index (χ3n) is 7.20. The summed E-state index contributed by atoms with van der Waals surface area (Å²) >= 11 is 0. The number of hydrogen-bond donors (Lipinski definition) is 0. The highest BCUT2D eigenvalue weighted by Gasteiger charge is 2.40. The van der Waals surface area contributed by atoms with Crippen molar-refractivity contribution in [3.05, 3.63) is 126 Å². The first kappa shape index (κ1) is 18.4. The lowest BCUT2D eigenvalue weighted by Gasteiger charge is -2.38. The van der Waals surface area contributed by atoms with E-state index in [9.17, 15) is 4.39 Å². The number of hydrogen-bond acceptors (Lipinski definition) is 1. The van der Waals surface area contributed by atoms with Crippen LogP contribution >= 0.6 is 0 Å². The van der Waals surface area contributed by atoms with Crippen molar-refractivity contribution in [2.75, 3.05) is 0 Å². The van der Waals surface area contributed by atoms with E-state index < -0.39 is 5.41 Å². The van der Waals surface area contributed by atoms with Crippen molar-refractivity contribution >= 4 is 21.8 Å². The van der Waals surface area contributed by atoms with Crippen LogP contribution in [0.5, 0.6) is 0 Å². The molecule has 7 rings (SSSR count). The predicted octanol–water partition coefficient (Wildman–Crippen LogP) is 6.78. The van der Waals surface area contributed by atoms with Crippen LogP contribution in [-0.2, 0) is 5.41 Å². The smallest absolute Gasteiger partial charge is 0.123 e. The van der Waals surface area contributed by atoms with Crippen LogP contribution in [-0.4, -0.2) is 14.1 Å². The van der Waals surface area contributed by atoms with Crippen LogP contribution in [0.4, 0.5) is 4.39 Å². The van der Waals surface area contributed by atoms with Gasteiger partial charge in [0.25, 0.3) is 0 Å². The summed E-state index contributed by atoms with van der Waals surface area (Å²) in [5.41, 5.74) is 7.24. The number of benzene rings is 4. The summed E-state index contributed by atoms with van der Waals surface area (Å²) in [6, 6.07) is 28.6. The molecule has 1 atom stereocenters. The first-order valence-corrected chi connectivity index (χ1v) is 11.1. The first-order valence-electron chi connectivity index (χ1n) is 11.1. The Morgan fingerprint density at radius 3 is 2.52 bits per heavy atom. The molecular weight excluding hydrogens is 409 g/mol. The Kier molecular flexibility index (Phi) is 3.58. The highest BCUT2D eigenvalue weighted by Crippen LogP contribution is 2.51. The normalized spacial score (nSPS) is 16.9. The van der Waals surface area contributed by atoms with Gasteiger partial charge in [-0.1, -0.05) is 48.5 Å². The maximum Gasteiger partial charge on any atom is 0.123 e. The minimum Gasteiger partial charge on any atom is -0.309 e. The summed E-state index contributed by atoms with van der Waals surface area (Å²) in [6.07, 6.45) is 5.53. The van der Waals surface area contributed by atoms with Crippen LogP contribution < -0.4 is 0 Å². The number of aromatic nitrogens is 3. The van der Waals surface area contributed by atoms with Gasteiger partial charge < -0.3 is 9.13 Å². The average molecular weight is 429 g/mol. The highest BCUT2D eigenvalue weighted by atomic mass is 19.1. The zero-order valence-electron chi connectivity index (χ0n) is 18.0. The van der Waals surface area contributed by atoms with E-state index in [-0.39, 0.29) is 5.82 Å². The molecule has 33 heavy (non-hydrogen) atoms. The Labute approximate surface area is 190 Å². The number of nitrogens with zero attached hydrogens (tertiary/aromatic N) is 3. The molecule has 1 unspecified atom stereocenters. The van der Waals surface area contributed by atoms with Crippen molar-refractivity contribution in [3.63, 3.8) is 0 Å². The fourth-order valence-corrected chi connectivity index (χ4v) is 5.62. The summed E-state index contributed by atoms with van der Waals surface area (Å²) in [4.78, 5) is 4.22. The second-order valence-electron chi connectivity index (χ2n) is 8.86. The Bertz CT molecular complexity index is 1690. The quantitative estimate of drug-likeness (QED) is 0.298. The maximum absolute atomic E-state index is 14.5. The first-order chi connectivity index (χ1) is 16.2. The lowest BCUT2D eigenvalue weighted by atomic mass is 9.68. The van der Waals surface area contributed by atoms with Gasteiger partial charge in [0, 0.05) is 34.3 Å². The molecule has 0 fully saturated rings. The van der Waals surface area contributed by atoms with E-state index in [1.807, 2.05) is 16.8 Å². The molecular formula is C29H20FN3. The third kappa shape index (κ3) is 2.35. The second-order valence-corrected chi connectivity index (χ2v) is 8.86. The van der Waals surface area contributed by atoms with Gasteiger partial charge in [-0.05, 0) is 60.0 Å². The van der Waals surface area contributed by atoms with Crippen molar-refractivity contribution in [2.24, 2.45) is 0 Å². The Hall–Kier alpha value is -4.18. The van der Waals surface area contributed by atoms with Crippen LogP contribution in [0.1, 0.15) is 23.6 Å². The van der Waals surface area contributed by atoms with Gasteiger partial charge >= 0.3 is 0 Å². The molecule has 0 aliphatic carbocycles. The molecule has 4 aromatic carbocycles. The van der Waals surface area contributed by atoms with Crippen molar-refractivity contribution in [1.82, 2.24) is 14.1 Å². The standard InChI is InChI=1S/C29H20FN3/c1-29(19-6-4-7-20(30)16-19)24-10-5-9-23-22-8-2-3-11-26(22)33(28(23)24)27-13-12-21(17-25(27)29)32-15-14-31-18-32/h2-18H,1H3. The zero-order chi connectivity index (χ0) is 22.2. The van der Waals surface area contributed by atoms with Gasteiger partial charge in [-0.15, -0.1) is 0 Å². The lowest BCUT2D eigenvalue weighted by molar-refractivity contribution is 0.612. The van der Waals surface area contributed by atoms with Gasteiger partial charge in [0.2, 0.25) is 0 Å². The summed E-state index contributed by atoms with van der Waals surface area (Å²) in [7, 11) is 0. The summed E-state index contributed by atoms with van der Waals surface area (Å²) < 4.78 is 18.9. The number of rotatable bonds is 2. The van der Waals surface area contributed by atoms with Gasteiger partial charge in [0.05, 0.1) is 23.0 Å². The highest BCUT2D eigenvalue weighted by molar-refractivity contribution is 6.11. The van der Waals surface area contributed by atoms with E-state index in [2.05, 4.69) is 77.1 Å². The minimum atomic E-state index is -0.530. The molecule has 3 heterocycles. The molecule has 0 saturated heterocycles. The second kappa shape index (κ2) is 6.42. The Morgan fingerprint density at radius 1 is 0.818 bits per heavy atom. The van der Waals surface area contributed by atoms with Crippen LogP contribution in [0.3, 0.4) is 0 Å². The molecule has 2 aromatic heterocycles. The van der Waals surface area contributed by atoms with Crippen molar-refractivity contribution in [3.8, 4) is 11.4 Å². The van der Waals surface area contributed by atoms with E-state index in [4.69, 9.17) is 0 Å². The molecule has 0 bridgehead atoms. The molecule has 0 saturated carbocycles. The van der Waals surface area contributed by atoms with Gasteiger partial charge in [-0.2, -0.15) is 0 Å². The van der Waals surface area contributed by atoms with Crippen molar-refractivity contribution in [2.45, 2.75) is 12.3 Å². The van der Waals surface area contributed by atoms with Crippen LogP contribution in [0, 0.1) is 5.82 Å². The van der Waals surface area contributed by atoms with E-state index >= 15 is 0 Å². The molecule has 6 aromatic rings. The van der Waals surface area contributed by atoms with Gasteiger partial charge in [-0.25, -0.2) is 9.37 Å². The van der Waals surface area contributed by atoms with Crippen molar-refractivity contribution < 1.29 is 4.39 Å². The summed E-state index contributed by atoms with van der Waals surface area (Å²) in [6.45, 7) is 2.22. The van der Waals surface area contributed by atoms with Gasteiger partial charge in [0.15, 0.2) is 0 Å². The Morgan fingerprint density at radius 2 is 1.67 bits per heavy atom. The SMILES string of the molecule is CC1(c2cccc(F)c2)c2cc(-n3ccnc3)ccc2-n2c3ccccc3c3cccc1c32. The van der Waals surface area contributed by atoms with E-state index in [0.29, 0.717) is 0 Å². The summed E-state index contributed by atoms with van der Waals surface area (Å²) in [5, 5.41) is 2.44. The van der Waals surface area contributed by atoms with Crippen LogP contribution in [0.25, 0.3) is 33.2 Å².